The molecule has 14 heavy (non-hydrogen) atoms. The summed E-state index contributed by atoms with van der Waals surface area (Å²) in [5.74, 6) is -1.97. The average Bonchev–Trinajstić information content (AvgIpc) is 2.15. The molecule has 1 amide bonds. The SMILES string of the molecule is COC(CN)C(=O)N[C@@H](CO)C(=O)O. The number of ether oxygens (including phenoxy) is 1. The molecule has 0 aliphatic carbocycles. The molecule has 0 aliphatic heterocycles. The highest BCUT2D eigenvalue weighted by atomic mass is 16.5. The molecular weight excluding hydrogens is 192 g/mol. The Morgan fingerprint density at radius 1 is 1.57 bits per heavy atom. The topological polar surface area (TPSA) is 122 Å². The number of hydrogen-bond donors (Lipinski definition) is 4. The number of aliphatic hydroxyl groups is 1. The van der Waals surface area contributed by atoms with Gasteiger partial charge >= 0.3 is 5.97 Å². The molecule has 0 rings (SSSR count). The van der Waals surface area contributed by atoms with E-state index in [-0.39, 0.29) is 6.54 Å². The minimum absolute atomic E-state index is 0.0555. The van der Waals surface area contributed by atoms with Crippen LogP contribution in [0.5, 0.6) is 0 Å². The minimum atomic E-state index is -1.33. The van der Waals surface area contributed by atoms with Crippen LogP contribution in [0.2, 0.25) is 0 Å². The molecular formula is C7H14N2O5. The standard InChI is InChI=1S/C7H14N2O5/c1-14-5(2-8)6(11)9-4(3-10)7(12)13/h4-5,10H,2-3,8H2,1H3,(H,9,11)(H,12,13)/t4-,5?/m0/s1. The number of methoxy groups -OCH3 is 1. The highest BCUT2D eigenvalue weighted by Crippen LogP contribution is 1.90. The van der Waals surface area contributed by atoms with E-state index in [1.807, 2.05) is 0 Å². The summed E-state index contributed by atoms with van der Waals surface area (Å²) >= 11 is 0. The fraction of sp³-hybridized carbons (Fsp3) is 0.714. The summed E-state index contributed by atoms with van der Waals surface area (Å²) in [4.78, 5) is 21.6. The number of carbonyl (C=O) groups is 2. The van der Waals surface area contributed by atoms with Gasteiger partial charge in [-0.05, 0) is 0 Å². The predicted octanol–water partition coefficient (Wildman–Crippen LogP) is -2.48. The lowest BCUT2D eigenvalue weighted by molar-refractivity contribution is -0.144. The van der Waals surface area contributed by atoms with Crippen molar-refractivity contribution < 1.29 is 24.5 Å². The third-order valence-corrected chi connectivity index (χ3v) is 1.59. The first-order chi connectivity index (χ1) is 6.56. The Kier molecular flexibility index (Phi) is 5.77. The molecule has 0 radical (unpaired) electrons. The number of carboxylic acids is 1. The summed E-state index contributed by atoms with van der Waals surface area (Å²) in [6.07, 6.45) is -0.900. The summed E-state index contributed by atoms with van der Waals surface area (Å²) in [5.41, 5.74) is 5.18. The molecule has 1 unspecified atom stereocenters. The molecule has 5 N–H and O–H groups in total. The van der Waals surface area contributed by atoms with Crippen molar-refractivity contribution in [3.63, 3.8) is 0 Å². The summed E-state index contributed by atoms with van der Waals surface area (Å²) < 4.78 is 4.67. The van der Waals surface area contributed by atoms with Crippen molar-refractivity contribution in [2.24, 2.45) is 5.73 Å². The van der Waals surface area contributed by atoms with Crippen molar-refractivity contribution in [2.75, 3.05) is 20.3 Å². The van der Waals surface area contributed by atoms with Crippen molar-refractivity contribution in [2.45, 2.75) is 12.1 Å². The summed E-state index contributed by atoms with van der Waals surface area (Å²) in [5, 5.41) is 19.2. The molecule has 0 aromatic rings. The second-order valence-corrected chi connectivity index (χ2v) is 2.54. The first-order valence-corrected chi connectivity index (χ1v) is 3.93. The molecule has 0 bridgehead atoms. The van der Waals surface area contributed by atoms with Crippen molar-refractivity contribution in [1.29, 1.82) is 0 Å². The van der Waals surface area contributed by atoms with Gasteiger partial charge in [0.15, 0.2) is 0 Å². The van der Waals surface area contributed by atoms with Gasteiger partial charge in [0.25, 0.3) is 5.91 Å². The second kappa shape index (κ2) is 6.30. The van der Waals surface area contributed by atoms with Gasteiger partial charge in [0.1, 0.15) is 12.1 Å². The molecule has 7 nitrogen and oxygen atoms in total. The van der Waals surface area contributed by atoms with E-state index < -0.39 is 30.6 Å². The predicted molar refractivity (Wildman–Crippen MR) is 46.5 cm³/mol. The first kappa shape index (κ1) is 12.8. The molecule has 7 heteroatoms. The largest absolute Gasteiger partial charge is 0.480 e. The Balaban J connectivity index is 4.20. The quantitative estimate of drug-likeness (QED) is 0.382. The summed E-state index contributed by atoms with van der Waals surface area (Å²) in [6.45, 7) is -0.734. The van der Waals surface area contributed by atoms with E-state index >= 15 is 0 Å². The zero-order chi connectivity index (χ0) is 11.1. The molecule has 0 aromatic heterocycles. The number of carboxylic acid groups (broad SMARTS) is 1. The number of aliphatic hydroxyl groups excluding tert-OH is 1. The van der Waals surface area contributed by atoms with Crippen LogP contribution in [0.1, 0.15) is 0 Å². The molecule has 0 heterocycles. The van der Waals surface area contributed by atoms with Crippen LogP contribution in [0, 0.1) is 0 Å². The number of carbonyl (C=O) groups excluding carboxylic acids is 1. The Hall–Kier alpha value is -1.18. The van der Waals surface area contributed by atoms with Gasteiger partial charge in [-0.2, -0.15) is 0 Å². The number of rotatable bonds is 6. The third-order valence-electron chi connectivity index (χ3n) is 1.59. The third kappa shape index (κ3) is 3.69. The first-order valence-electron chi connectivity index (χ1n) is 3.93. The van der Waals surface area contributed by atoms with E-state index in [2.05, 4.69) is 10.1 Å². The van der Waals surface area contributed by atoms with Gasteiger partial charge in [-0.3, -0.25) is 4.79 Å². The van der Waals surface area contributed by atoms with Gasteiger partial charge in [-0.25, -0.2) is 4.79 Å². The van der Waals surface area contributed by atoms with Crippen molar-refractivity contribution in [3.8, 4) is 0 Å². The number of nitrogens with one attached hydrogen (secondary N) is 1. The fourth-order valence-electron chi connectivity index (χ4n) is 0.760. The van der Waals surface area contributed by atoms with Crippen molar-refractivity contribution >= 4 is 11.9 Å². The molecule has 82 valence electrons. The van der Waals surface area contributed by atoms with Crippen LogP contribution >= 0.6 is 0 Å². The monoisotopic (exact) mass is 206 g/mol. The molecule has 0 saturated carbocycles. The van der Waals surface area contributed by atoms with Crippen LogP contribution in [-0.4, -0.2) is 54.5 Å². The Morgan fingerprint density at radius 2 is 2.14 bits per heavy atom. The number of nitrogens with two attached hydrogens (primary N) is 1. The highest BCUT2D eigenvalue weighted by Gasteiger charge is 2.23. The van der Waals surface area contributed by atoms with Gasteiger partial charge in [-0.1, -0.05) is 0 Å². The van der Waals surface area contributed by atoms with Gasteiger partial charge in [0, 0.05) is 13.7 Å². The maximum atomic E-state index is 11.2. The molecule has 0 saturated heterocycles. The van der Waals surface area contributed by atoms with Crippen molar-refractivity contribution in [3.05, 3.63) is 0 Å². The maximum absolute atomic E-state index is 11.2. The smallest absolute Gasteiger partial charge is 0.328 e. The Morgan fingerprint density at radius 3 is 2.43 bits per heavy atom. The van der Waals surface area contributed by atoms with Gasteiger partial charge in [0.2, 0.25) is 0 Å². The van der Waals surface area contributed by atoms with Crippen LogP contribution < -0.4 is 11.1 Å². The van der Waals surface area contributed by atoms with Crippen LogP contribution in [0.25, 0.3) is 0 Å². The van der Waals surface area contributed by atoms with E-state index in [9.17, 15) is 9.59 Å². The fourth-order valence-corrected chi connectivity index (χ4v) is 0.760. The zero-order valence-corrected chi connectivity index (χ0v) is 7.77. The maximum Gasteiger partial charge on any atom is 0.328 e. The van der Waals surface area contributed by atoms with Gasteiger partial charge in [-0.15, -0.1) is 0 Å². The van der Waals surface area contributed by atoms with E-state index in [0.717, 1.165) is 0 Å². The number of amides is 1. The average molecular weight is 206 g/mol. The van der Waals surface area contributed by atoms with Gasteiger partial charge in [0.05, 0.1) is 6.61 Å². The van der Waals surface area contributed by atoms with E-state index in [1.54, 1.807) is 0 Å². The number of hydrogen-bond acceptors (Lipinski definition) is 5. The lowest BCUT2D eigenvalue weighted by atomic mass is 10.2. The van der Waals surface area contributed by atoms with Gasteiger partial charge < -0.3 is 26.0 Å². The summed E-state index contributed by atoms with van der Waals surface area (Å²) in [7, 11) is 1.28. The molecule has 0 aromatic carbocycles. The summed E-state index contributed by atoms with van der Waals surface area (Å²) in [6, 6.07) is -1.33. The Labute approximate surface area is 80.8 Å². The zero-order valence-electron chi connectivity index (χ0n) is 7.77. The van der Waals surface area contributed by atoms with E-state index in [1.165, 1.54) is 7.11 Å². The Bertz CT molecular complexity index is 204. The lowest BCUT2D eigenvalue weighted by Crippen LogP contribution is -2.49. The van der Waals surface area contributed by atoms with Crippen molar-refractivity contribution in [1.82, 2.24) is 5.32 Å². The van der Waals surface area contributed by atoms with E-state index in [4.69, 9.17) is 15.9 Å². The molecule has 0 aliphatic rings. The van der Waals surface area contributed by atoms with Crippen LogP contribution in [0.4, 0.5) is 0 Å². The normalized spacial score (nSPS) is 14.5. The highest BCUT2D eigenvalue weighted by molar-refractivity contribution is 5.86. The van der Waals surface area contributed by atoms with Crippen LogP contribution in [0.15, 0.2) is 0 Å². The lowest BCUT2D eigenvalue weighted by Gasteiger charge is -2.16. The van der Waals surface area contributed by atoms with E-state index in [0.29, 0.717) is 0 Å². The number of aliphatic carboxylic acids is 1. The molecule has 2 atom stereocenters. The minimum Gasteiger partial charge on any atom is -0.480 e. The van der Waals surface area contributed by atoms with Crippen LogP contribution in [0.3, 0.4) is 0 Å². The molecule has 0 spiro atoms. The van der Waals surface area contributed by atoms with Crippen LogP contribution in [-0.2, 0) is 14.3 Å². The molecule has 0 fully saturated rings. The second-order valence-electron chi connectivity index (χ2n) is 2.54.